The normalized spacial score (nSPS) is 22.5. The van der Waals surface area contributed by atoms with Gasteiger partial charge in [-0.25, -0.2) is 0 Å². The molecule has 0 saturated carbocycles. The third-order valence-corrected chi connectivity index (χ3v) is 2.41. The highest BCUT2D eigenvalue weighted by molar-refractivity contribution is 4.74. The summed E-state index contributed by atoms with van der Waals surface area (Å²) in [7, 11) is 0. The molecular weight excluding hydrogens is 154 g/mol. The highest BCUT2D eigenvalue weighted by atomic mass is 16.5. The van der Waals surface area contributed by atoms with Crippen LogP contribution in [-0.4, -0.2) is 37.0 Å². The standard InChI is InChI=1S/C9H19NO2/c1-2-8(7-11)10-9-3-5-12-6-4-9/h8-11H,2-7H2,1H3/t8-/m1/s1. The highest BCUT2D eigenvalue weighted by Crippen LogP contribution is 2.07. The summed E-state index contributed by atoms with van der Waals surface area (Å²) in [6.07, 6.45) is 3.15. The number of nitrogens with one attached hydrogen (secondary N) is 1. The van der Waals surface area contributed by atoms with E-state index in [2.05, 4.69) is 12.2 Å². The molecule has 3 heteroatoms. The molecule has 0 aromatic rings. The molecule has 1 fully saturated rings. The molecule has 72 valence electrons. The van der Waals surface area contributed by atoms with Gasteiger partial charge in [0.1, 0.15) is 0 Å². The van der Waals surface area contributed by atoms with Crippen LogP contribution in [0, 0.1) is 0 Å². The van der Waals surface area contributed by atoms with Crippen LogP contribution in [0.25, 0.3) is 0 Å². The second kappa shape index (κ2) is 5.51. The topological polar surface area (TPSA) is 41.5 Å². The predicted molar refractivity (Wildman–Crippen MR) is 48.1 cm³/mol. The summed E-state index contributed by atoms with van der Waals surface area (Å²) in [5, 5.41) is 12.4. The molecular formula is C9H19NO2. The van der Waals surface area contributed by atoms with Crippen molar-refractivity contribution < 1.29 is 9.84 Å². The Morgan fingerprint density at radius 3 is 2.67 bits per heavy atom. The number of aliphatic hydroxyl groups excluding tert-OH is 1. The van der Waals surface area contributed by atoms with Gasteiger partial charge in [-0.05, 0) is 19.3 Å². The number of hydrogen-bond donors (Lipinski definition) is 2. The van der Waals surface area contributed by atoms with E-state index in [0.717, 1.165) is 32.5 Å². The maximum atomic E-state index is 8.96. The van der Waals surface area contributed by atoms with Crippen LogP contribution in [0.5, 0.6) is 0 Å². The summed E-state index contributed by atoms with van der Waals surface area (Å²) in [6, 6.07) is 0.823. The summed E-state index contributed by atoms with van der Waals surface area (Å²) in [6.45, 7) is 4.06. The molecule has 1 aliphatic rings. The highest BCUT2D eigenvalue weighted by Gasteiger charge is 2.16. The van der Waals surface area contributed by atoms with Gasteiger partial charge in [-0.3, -0.25) is 0 Å². The van der Waals surface area contributed by atoms with E-state index in [4.69, 9.17) is 9.84 Å². The van der Waals surface area contributed by atoms with Crippen molar-refractivity contribution in [3.63, 3.8) is 0 Å². The van der Waals surface area contributed by atoms with Gasteiger partial charge in [0.15, 0.2) is 0 Å². The number of rotatable bonds is 4. The fraction of sp³-hybridized carbons (Fsp3) is 1.00. The van der Waals surface area contributed by atoms with E-state index in [-0.39, 0.29) is 12.6 Å². The number of hydrogen-bond acceptors (Lipinski definition) is 3. The first-order valence-corrected chi connectivity index (χ1v) is 4.81. The third-order valence-electron chi connectivity index (χ3n) is 2.41. The van der Waals surface area contributed by atoms with Gasteiger partial charge < -0.3 is 15.2 Å². The van der Waals surface area contributed by atoms with Crippen LogP contribution in [0.1, 0.15) is 26.2 Å². The van der Waals surface area contributed by atoms with Gasteiger partial charge in [-0.15, -0.1) is 0 Å². The molecule has 1 saturated heterocycles. The Balaban J connectivity index is 2.18. The summed E-state index contributed by atoms with van der Waals surface area (Å²) in [5.74, 6) is 0. The lowest BCUT2D eigenvalue weighted by atomic mass is 10.1. The van der Waals surface area contributed by atoms with Crippen LogP contribution < -0.4 is 5.32 Å². The minimum Gasteiger partial charge on any atom is -0.395 e. The van der Waals surface area contributed by atoms with Gasteiger partial charge in [0.2, 0.25) is 0 Å². The van der Waals surface area contributed by atoms with E-state index in [0.29, 0.717) is 6.04 Å². The summed E-state index contributed by atoms with van der Waals surface area (Å²) >= 11 is 0. The molecule has 1 rings (SSSR count). The van der Waals surface area contributed by atoms with E-state index in [1.807, 2.05) is 0 Å². The van der Waals surface area contributed by atoms with E-state index in [9.17, 15) is 0 Å². The van der Waals surface area contributed by atoms with Crippen LogP contribution in [0.2, 0.25) is 0 Å². The first kappa shape index (κ1) is 9.96. The number of ether oxygens (including phenoxy) is 1. The molecule has 0 spiro atoms. The SMILES string of the molecule is CC[C@H](CO)NC1CCOCC1. The molecule has 1 heterocycles. The van der Waals surface area contributed by atoms with Crippen molar-refractivity contribution in [3.05, 3.63) is 0 Å². The molecule has 12 heavy (non-hydrogen) atoms. The predicted octanol–water partition coefficient (Wildman–Crippen LogP) is 0.526. The van der Waals surface area contributed by atoms with E-state index < -0.39 is 0 Å². The Morgan fingerprint density at radius 1 is 1.50 bits per heavy atom. The van der Waals surface area contributed by atoms with E-state index in [1.54, 1.807) is 0 Å². The molecule has 1 atom stereocenters. The third kappa shape index (κ3) is 3.09. The maximum absolute atomic E-state index is 8.96. The van der Waals surface area contributed by atoms with Crippen LogP contribution >= 0.6 is 0 Å². The Hall–Kier alpha value is -0.120. The van der Waals surface area contributed by atoms with Crippen LogP contribution in [0.3, 0.4) is 0 Å². The van der Waals surface area contributed by atoms with Crippen molar-refractivity contribution in [2.45, 2.75) is 38.3 Å². The molecule has 1 aliphatic heterocycles. The average Bonchev–Trinajstić information content (AvgIpc) is 2.16. The summed E-state index contributed by atoms with van der Waals surface area (Å²) in [4.78, 5) is 0. The second-order valence-electron chi connectivity index (χ2n) is 3.34. The van der Waals surface area contributed by atoms with Crippen LogP contribution in [0.15, 0.2) is 0 Å². The van der Waals surface area contributed by atoms with Gasteiger partial charge in [-0.2, -0.15) is 0 Å². The zero-order chi connectivity index (χ0) is 8.81. The first-order chi connectivity index (χ1) is 5.86. The summed E-state index contributed by atoms with van der Waals surface area (Å²) < 4.78 is 5.25. The van der Waals surface area contributed by atoms with Crippen molar-refractivity contribution in [2.75, 3.05) is 19.8 Å². The second-order valence-corrected chi connectivity index (χ2v) is 3.34. The van der Waals surface area contributed by atoms with Crippen molar-refractivity contribution in [2.24, 2.45) is 0 Å². The van der Waals surface area contributed by atoms with Gasteiger partial charge >= 0.3 is 0 Å². The van der Waals surface area contributed by atoms with Gasteiger partial charge in [0.05, 0.1) is 6.61 Å². The molecule has 0 aliphatic carbocycles. The van der Waals surface area contributed by atoms with Gasteiger partial charge in [0.25, 0.3) is 0 Å². The lowest BCUT2D eigenvalue weighted by Crippen LogP contribution is -2.43. The quantitative estimate of drug-likeness (QED) is 0.651. The fourth-order valence-corrected chi connectivity index (χ4v) is 1.50. The van der Waals surface area contributed by atoms with Gasteiger partial charge in [0, 0.05) is 25.3 Å². The van der Waals surface area contributed by atoms with E-state index >= 15 is 0 Å². The van der Waals surface area contributed by atoms with Crippen LogP contribution in [-0.2, 0) is 4.74 Å². The summed E-state index contributed by atoms with van der Waals surface area (Å²) in [5.41, 5.74) is 0. The Labute approximate surface area is 74.1 Å². The molecule has 0 radical (unpaired) electrons. The zero-order valence-corrected chi connectivity index (χ0v) is 7.75. The number of aliphatic hydroxyl groups is 1. The largest absolute Gasteiger partial charge is 0.395 e. The first-order valence-electron chi connectivity index (χ1n) is 4.81. The van der Waals surface area contributed by atoms with Crippen molar-refractivity contribution in [1.29, 1.82) is 0 Å². The Morgan fingerprint density at radius 2 is 2.17 bits per heavy atom. The minimum atomic E-state index is 0.244. The molecule has 0 bridgehead atoms. The molecule has 3 nitrogen and oxygen atoms in total. The van der Waals surface area contributed by atoms with Gasteiger partial charge in [-0.1, -0.05) is 6.92 Å². The zero-order valence-electron chi connectivity index (χ0n) is 7.75. The molecule has 2 N–H and O–H groups in total. The minimum absolute atomic E-state index is 0.244. The maximum Gasteiger partial charge on any atom is 0.0584 e. The monoisotopic (exact) mass is 173 g/mol. The lowest BCUT2D eigenvalue weighted by Gasteiger charge is -2.27. The smallest absolute Gasteiger partial charge is 0.0584 e. The molecule has 0 unspecified atom stereocenters. The molecule has 0 aromatic carbocycles. The Kier molecular flexibility index (Phi) is 4.58. The lowest BCUT2D eigenvalue weighted by molar-refractivity contribution is 0.0713. The van der Waals surface area contributed by atoms with Crippen molar-refractivity contribution >= 4 is 0 Å². The Bertz CT molecular complexity index is 109. The molecule has 0 aromatic heterocycles. The van der Waals surface area contributed by atoms with Crippen LogP contribution in [0.4, 0.5) is 0 Å². The van der Waals surface area contributed by atoms with Crippen molar-refractivity contribution in [1.82, 2.24) is 5.32 Å². The average molecular weight is 173 g/mol. The fourth-order valence-electron chi connectivity index (χ4n) is 1.50. The molecule has 0 amide bonds. The van der Waals surface area contributed by atoms with E-state index in [1.165, 1.54) is 0 Å². The van der Waals surface area contributed by atoms with Crippen molar-refractivity contribution in [3.8, 4) is 0 Å².